The first kappa shape index (κ1) is 13.9. The van der Waals surface area contributed by atoms with E-state index in [1.54, 1.807) is 0 Å². The van der Waals surface area contributed by atoms with Crippen molar-refractivity contribution in [2.45, 2.75) is 58.8 Å². The van der Waals surface area contributed by atoms with Crippen LogP contribution in [0.2, 0.25) is 0 Å². The van der Waals surface area contributed by atoms with Gasteiger partial charge in [0, 0.05) is 12.3 Å². The van der Waals surface area contributed by atoms with Gasteiger partial charge in [0.15, 0.2) is 0 Å². The van der Waals surface area contributed by atoms with Crippen molar-refractivity contribution >= 4 is 5.78 Å². The topological polar surface area (TPSA) is 17.1 Å². The third-order valence-corrected chi connectivity index (χ3v) is 5.35. The Balaban J connectivity index is 2.13. The molecule has 1 aromatic carbocycles. The molecule has 0 aliphatic heterocycles. The highest BCUT2D eigenvalue weighted by molar-refractivity contribution is 5.85. The first-order valence-electron chi connectivity index (χ1n) is 8.09. The van der Waals surface area contributed by atoms with Crippen LogP contribution in [0.25, 0.3) is 0 Å². The summed E-state index contributed by atoms with van der Waals surface area (Å²) in [6.07, 6.45) is 5.53. The van der Waals surface area contributed by atoms with Crippen molar-refractivity contribution in [2.75, 3.05) is 0 Å². The molecule has 3 rings (SSSR count). The van der Waals surface area contributed by atoms with E-state index < -0.39 is 0 Å². The molecule has 1 aromatic rings. The summed E-state index contributed by atoms with van der Waals surface area (Å²) in [7, 11) is 0. The lowest BCUT2D eigenvalue weighted by Crippen LogP contribution is -2.35. The molecule has 3 atom stereocenters. The highest BCUT2D eigenvalue weighted by atomic mass is 16.1. The van der Waals surface area contributed by atoms with E-state index in [1.165, 1.54) is 30.4 Å². The van der Waals surface area contributed by atoms with Gasteiger partial charge in [0.05, 0.1) is 0 Å². The summed E-state index contributed by atoms with van der Waals surface area (Å²) in [5, 5.41) is 0. The number of ketones is 1. The van der Waals surface area contributed by atoms with E-state index in [-0.39, 0.29) is 5.41 Å². The lowest BCUT2D eigenvalue weighted by Gasteiger charge is -2.42. The minimum atomic E-state index is 0.223. The fourth-order valence-corrected chi connectivity index (χ4v) is 4.62. The second kappa shape index (κ2) is 5.02. The molecule has 1 nitrogen and oxygen atoms in total. The Kier molecular flexibility index (Phi) is 3.48. The molecule has 0 spiro atoms. The second-order valence-electron chi connectivity index (χ2n) is 7.74. The molecule has 0 heterocycles. The first-order chi connectivity index (χ1) is 9.48. The number of benzene rings is 1. The van der Waals surface area contributed by atoms with Crippen LogP contribution in [0.1, 0.15) is 63.5 Å². The van der Waals surface area contributed by atoms with E-state index in [9.17, 15) is 4.79 Å². The van der Waals surface area contributed by atoms with Crippen molar-refractivity contribution in [3.63, 3.8) is 0 Å². The lowest BCUT2D eigenvalue weighted by molar-refractivity contribution is -0.125. The molecule has 108 valence electrons. The number of fused-ring (bicyclic) bond motifs is 2. The van der Waals surface area contributed by atoms with Crippen molar-refractivity contribution in [3.8, 4) is 0 Å². The maximum Gasteiger partial charge on any atom is 0.140 e. The van der Waals surface area contributed by atoms with Gasteiger partial charge in [-0.3, -0.25) is 4.79 Å². The minimum absolute atomic E-state index is 0.223. The van der Waals surface area contributed by atoms with Crippen LogP contribution in [-0.4, -0.2) is 5.78 Å². The van der Waals surface area contributed by atoms with E-state index >= 15 is 0 Å². The average molecular weight is 270 g/mol. The predicted molar refractivity (Wildman–Crippen MR) is 82.8 cm³/mol. The van der Waals surface area contributed by atoms with Gasteiger partial charge in [-0.25, -0.2) is 0 Å². The summed E-state index contributed by atoms with van der Waals surface area (Å²) in [6.45, 7) is 7.03. The van der Waals surface area contributed by atoms with E-state index in [0.717, 1.165) is 6.42 Å². The fraction of sp³-hybridized carbons (Fsp3) is 0.632. The smallest absolute Gasteiger partial charge is 0.140 e. The summed E-state index contributed by atoms with van der Waals surface area (Å²) in [5.41, 5.74) is 2.95. The Hall–Kier alpha value is -1.11. The SMILES string of the molecule is CC(C)(C)C1c2ccccc2CC(=O)C2CCCCC21. The predicted octanol–water partition coefficient (Wildman–Crippen LogP) is 4.75. The highest BCUT2D eigenvalue weighted by Gasteiger charge is 2.44. The van der Waals surface area contributed by atoms with E-state index in [4.69, 9.17) is 0 Å². The molecule has 1 heteroatoms. The van der Waals surface area contributed by atoms with Gasteiger partial charge in [-0.2, -0.15) is 0 Å². The normalized spacial score (nSPS) is 30.4. The Morgan fingerprint density at radius 1 is 1.05 bits per heavy atom. The van der Waals surface area contributed by atoms with Gasteiger partial charge in [0.1, 0.15) is 5.78 Å². The zero-order valence-electron chi connectivity index (χ0n) is 13.0. The van der Waals surface area contributed by atoms with Crippen LogP contribution >= 0.6 is 0 Å². The summed E-state index contributed by atoms with van der Waals surface area (Å²) >= 11 is 0. The molecule has 1 saturated carbocycles. The van der Waals surface area contributed by atoms with Crippen LogP contribution < -0.4 is 0 Å². The summed E-state index contributed by atoms with van der Waals surface area (Å²) in [4.78, 5) is 12.7. The van der Waals surface area contributed by atoms with E-state index in [0.29, 0.717) is 30.0 Å². The molecule has 0 saturated heterocycles. The van der Waals surface area contributed by atoms with Crippen LogP contribution in [0.5, 0.6) is 0 Å². The van der Waals surface area contributed by atoms with Gasteiger partial charge in [0.25, 0.3) is 0 Å². The van der Waals surface area contributed by atoms with Gasteiger partial charge >= 0.3 is 0 Å². The summed E-state index contributed by atoms with van der Waals surface area (Å²) < 4.78 is 0. The molecular weight excluding hydrogens is 244 g/mol. The van der Waals surface area contributed by atoms with Crippen LogP contribution in [-0.2, 0) is 11.2 Å². The monoisotopic (exact) mass is 270 g/mol. The Morgan fingerprint density at radius 2 is 1.75 bits per heavy atom. The average Bonchev–Trinajstić information content (AvgIpc) is 2.52. The molecule has 0 bridgehead atoms. The van der Waals surface area contributed by atoms with Crippen LogP contribution in [0.3, 0.4) is 0 Å². The first-order valence-corrected chi connectivity index (χ1v) is 8.09. The quantitative estimate of drug-likeness (QED) is 0.665. The molecule has 2 aliphatic rings. The Labute approximate surface area is 122 Å². The molecule has 2 aliphatic carbocycles. The minimum Gasteiger partial charge on any atom is -0.299 e. The molecule has 0 radical (unpaired) electrons. The van der Waals surface area contributed by atoms with Crippen molar-refractivity contribution < 1.29 is 4.79 Å². The third kappa shape index (κ3) is 2.32. The van der Waals surface area contributed by atoms with Gasteiger partial charge in [-0.15, -0.1) is 0 Å². The molecule has 1 fully saturated rings. The number of carbonyl (C=O) groups is 1. The van der Waals surface area contributed by atoms with Gasteiger partial charge in [0.2, 0.25) is 0 Å². The Morgan fingerprint density at radius 3 is 2.50 bits per heavy atom. The maximum atomic E-state index is 12.7. The highest BCUT2D eigenvalue weighted by Crippen LogP contribution is 2.51. The Bertz CT molecular complexity index is 509. The zero-order valence-corrected chi connectivity index (χ0v) is 13.0. The van der Waals surface area contributed by atoms with E-state index in [1.807, 2.05) is 0 Å². The zero-order chi connectivity index (χ0) is 14.3. The largest absolute Gasteiger partial charge is 0.299 e. The standard InChI is InChI=1S/C19H26O/c1-19(2,3)18-14-9-5-4-8-13(14)12-17(20)15-10-6-7-11-16(15)18/h4-5,8-9,15-16,18H,6-7,10-12H2,1-3H3. The molecule has 3 unspecified atom stereocenters. The number of carbonyl (C=O) groups excluding carboxylic acids is 1. The molecule has 0 amide bonds. The second-order valence-corrected chi connectivity index (χ2v) is 7.74. The van der Waals surface area contributed by atoms with Gasteiger partial charge in [-0.1, -0.05) is 57.9 Å². The molecule has 0 aromatic heterocycles. The fourth-order valence-electron chi connectivity index (χ4n) is 4.62. The molecule has 20 heavy (non-hydrogen) atoms. The summed E-state index contributed by atoms with van der Waals surface area (Å²) in [6, 6.07) is 8.67. The van der Waals surface area contributed by atoms with Crippen molar-refractivity contribution in [3.05, 3.63) is 35.4 Å². The van der Waals surface area contributed by atoms with Gasteiger partial charge < -0.3 is 0 Å². The summed E-state index contributed by atoms with van der Waals surface area (Å²) in [5.74, 6) is 1.88. The van der Waals surface area contributed by atoms with Crippen LogP contribution in [0.4, 0.5) is 0 Å². The van der Waals surface area contributed by atoms with Crippen molar-refractivity contribution in [2.24, 2.45) is 17.3 Å². The maximum absolute atomic E-state index is 12.7. The molecule has 0 N–H and O–H groups in total. The molecular formula is C19H26O. The third-order valence-electron chi connectivity index (χ3n) is 5.35. The van der Waals surface area contributed by atoms with Crippen molar-refractivity contribution in [1.29, 1.82) is 0 Å². The number of rotatable bonds is 0. The van der Waals surface area contributed by atoms with Crippen LogP contribution in [0.15, 0.2) is 24.3 Å². The van der Waals surface area contributed by atoms with Gasteiger partial charge in [-0.05, 0) is 41.2 Å². The van der Waals surface area contributed by atoms with Crippen molar-refractivity contribution in [1.82, 2.24) is 0 Å². The van der Waals surface area contributed by atoms with E-state index in [2.05, 4.69) is 45.0 Å². The number of hydrogen-bond acceptors (Lipinski definition) is 1. The number of Topliss-reactive ketones (excluding diaryl/α,β-unsaturated/α-hetero) is 1. The number of hydrogen-bond donors (Lipinski definition) is 0. The lowest BCUT2D eigenvalue weighted by atomic mass is 9.62. The van der Waals surface area contributed by atoms with Crippen LogP contribution in [0, 0.1) is 17.3 Å².